The van der Waals surface area contributed by atoms with Crippen molar-refractivity contribution in [2.45, 2.75) is 50.4 Å². The van der Waals surface area contributed by atoms with Crippen LogP contribution in [0.4, 0.5) is 13.2 Å². The number of nitrogens with two attached hydrogens (primary N) is 1. The smallest absolute Gasteiger partial charge is 0.479 e. The van der Waals surface area contributed by atoms with Crippen LogP contribution in [0.15, 0.2) is 30.0 Å². The van der Waals surface area contributed by atoms with Crippen LogP contribution >= 0.6 is 11.6 Å². The van der Waals surface area contributed by atoms with Gasteiger partial charge in [-0.1, -0.05) is 17.7 Å². The second-order valence-corrected chi connectivity index (χ2v) is 8.20. The van der Waals surface area contributed by atoms with Crippen LogP contribution in [0.2, 0.25) is 5.02 Å². The van der Waals surface area contributed by atoms with E-state index in [1.807, 2.05) is 6.08 Å². The Labute approximate surface area is 192 Å². The summed E-state index contributed by atoms with van der Waals surface area (Å²) >= 11 is 5.88. The van der Waals surface area contributed by atoms with E-state index in [2.05, 4.69) is 15.8 Å². The van der Waals surface area contributed by atoms with E-state index in [0.29, 0.717) is 35.1 Å². The molecule has 33 heavy (non-hydrogen) atoms. The SMILES string of the molecule is NC=O.O=C1CC(C(=O)NC2=CC(COC3CC(OC(F)(F)F)C3)C2)Oc2ccc(Cl)cc21. The lowest BCUT2D eigenvalue weighted by Crippen LogP contribution is -2.44. The third kappa shape index (κ3) is 6.92. The van der Waals surface area contributed by atoms with Crippen molar-refractivity contribution in [3.8, 4) is 5.75 Å². The number of halogens is 4. The summed E-state index contributed by atoms with van der Waals surface area (Å²) in [6.45, 7) is 0.370. The first kappa shape index (κ1) is 25.0. The van der Waals surface area contributed by atoms with Gasteiger partial charge in [-0.05, 0) is 24.6 Å². The zero-order chi connectivity index (χ0) is 24.2. The number of fused-ring (bicyclic) bond motifs is 1. The van der Waals surface area contributed by atoms with Crippen molar-refractivity contribution in [1.82, 2.24) is 5.32 Å². The molecule has 4 rings (SSSR count). The molecule has 1 aromatic carbocycles. The number of hydrogen-bond donors (Lipinski definition) is 2. The number of nitrogens with one attached hydrogen (secondary N) is 1. The topological polar surface area (TPSA) is 117 Å². The Bertz CT molecular complexity index is 933. The summed E-state index contributed by atoms with van der Waals surface area (Å²) in [7, 11) is 0. The zero-order valence-electron chi connectivity index (χ0n) is 17.3. The van der Waals surface area contributed by atoms with Gasteiger partial charge in [0.25, 0.3) is 5.91 Å². The fraction of sp³-hybridized carbons (Fsp3) is 0.476. The number of carbonyl (C=O) groups is 3. The van der Waals surface area contributed by atoms with Crippen LogP contribution in [-0.4, -0.2) is 49.4 Å². The lowest BCUT2D eigenvalue weighted by atomic mass is 9.89. The molecule has 1 fully saturated rings. The maximum absolute atomic E-state index is 12.4. The fourth-order valence-corrected chi connectivity index (χ4v) is 3.78. The number of alkyl halides is 3. The van der Waals surface area contributed by atoms with Gasteiger partial charge in [-0.3, -0.25) is 19.1 Å². The van der Waals surface area contributed by atoms with E-state index in [0.717, 1.165) is 0 Å². The number of allylic oxidation sites excluding steroid dienone is 1. The molecule has 1 aliphatic heterocycles. The third-order valence-electron chi connectivity index (χ3n) is 5.28. The predicted octanol–water partition coefficient (Wildman–Crippen LogP) is 2.88. The first-order chi connectivity index (χ1) is 15.6. The van der Waals surface area contributed by atoms with Gasteiger partial charge < -0.3 is 20.5 Å². The number of amides is 2. The summed E-state index contributed by atoms with van der Waals surface area (Å²) in [5.74, 6) is -0.195. The summed E-state index contributed by atoms with van der Waals surface area (Å²) in [5.41, 5.74) is 5.24. The van der Waals surface area contributed by atoms with Crippen LogP contribution in [0.1, 0.15) is 36.0 Å². The average molecular weight is 491 g/mol. The predicted molar refractivity (Wildman–Crippen MR) is 109 cm³/mol. The van der Waals surface area contributed by atoms with Gasteiger partial charge in [0.05, 0.1) is 30.8 Å². The molecule has 2 amide bonds. The molecule has 1 saturated carbocycles. The number of rotatable bonds is 6. The minimum atomic E-state index is -4.61. The Morgan fingerprint density at radius 2 is 1.94 bits per heavy atom. The van der Waals surface area contributed by atoms with Crippen LogP contribution in [0, 0.1) is 5.92 Å². The zero-order valence-corrected chi connectivity index (χ0v) is 18.0. The van der Waals surface area contributed by atoms with Crippen molar-refractivity contribution < 1.29 is 41.8 Å². The molecule has 2 unspecified atom stereocenters. The number of hydrogen-bond acceptors (Lipinski definition) is 6. The quantitative estimate of drug-likeness (QED) is 0.592. The summed E-state index contributed by atoms with van der Waals surface area (Å²) < 4.78 is 51.4. The van der Waals surface area contributed by atoms with Crippen LogP contribution in [0.25, 0.3) is 0 Å². The number of carbonyl (C=O) groups excluding carboxylic acids is 3. The minimum absolute atomic E-state index is 0.0676. The molecule has 3 aliphatic rings. The van der Waals surface area contributed by atoms with Crippen LogP contribution in [-0.2, 0) is 19.1 Å². The van der Waals surface area contributed by atoms with Gasteiger partial charge in [0.1, 0.15) is 5.75 Å². The van der Waals surface area contributed by atoms with Gasteiger partial charge in [-0.25, -0.2) is 0 Å². The average Bonchev–Trinajstić information content (AvgIpc) is 2.67. The largest absolute Gasteiger partial charge is 0.522 e. The summed E-state index contributed by atoms with van der Waals surface area (Å²) in [6.07, 6.45) is -3.56. The van der Waals surface area contributed by atoms with E-state index in [1.165, 1.54) is 6.07 Å². The van der Waals surface area contributed by atoms with E-state index in [9.17, 15) is 22.8 Å². The molecule has 12 heteroatoms. The highest BCUT2D eigenvalue weighted by molar-refractivity contribution is 6.31. The molecule has 0 aromatic heterocycles. The van der Waals surface area contributed by atoms with Crippen molar-refractivity contribution >= 4 is 29.7 Å². The van der Waals surface area contributed by atoms with Gasteiger partial charge in [0.15, 0.2) is 11.9 Å². The Morgan fingerprint density at radius 1 is 1.27 bits per heavy atom. The Hall–Kier alpha value is -2.63. The van der Waals surface area contributed by atoms with Crippen molar-refractivity contribution in [2.75, 3.05) is 6.61 Å². The third-order valence-corrected chi connectivity index (χ3v) is 5.51. The van der Waals surface area contributed by atoms with E-state index in [4.69, 9.17) is 25.9 Å². The Balaban J connectivity index is 0.000000968. The highest BCUT2D eigenvalue weighted by Crippen LogP contribution is 2.34. The van der Waals surface area contributed by atoms with Gasteiger partial charge in [-0.2, -0.15) is 0 Å². The second kappa shape index (κ2) is 10.5. The standard InChI is InChI=1S/C20H19ClF3NO5.CH3NO/c21-11-1-2-17-15(5-11)16(26)8-18(29-17)19(27)25-12-3-10(4-12)9-28-13-6-14(7-13)30-20(22,23)24;2-1-3/h1-3,5,10,13-14,18H,4,6-9H2,(H,25,27);1H,(H2,2,3). The molecule has 2 atom stereocenters. The number of primary amides is 1. The van der Waals surface area contributed by atoms with E-state index in [-0.39, 0.29) is 43.5 Å². The maximum Gasteiger partial charge on any atom is 0.522 e. The monoisotopic (exact) mass is 490 g/mol. The molecule has 0 spiro atoms. The number of ketones is 1. The van der Waals surface area contributed by atoms with Crippen LogP contribution in [0.5, 0.6) is 5.75 Å². The summed E-state index contributed by atoms with van der Waals surface area (Å²) in [5, 5.41) is 3.17. The summed E-state index contributed by atoms with van der Waals surface area (Å²) in [6, 6.07) is 4.67. The van der Waals surface area contributed by atoms with E-state index in [1.54, 1.807) is 12.1 Å². The fourth-order valence-electron chi connectivity index (χ4n) is 3.61. The molecule has 0 radical (unpaired) electrons. The van der Waals surface area contributed by atoms with Crippen molar-refractivity contribution in [3.63, 3.8) is 0 Å². The molecule has 1 aromatic rings. The van der Waals surface area contributed by atoms with Crippen molar-refractivity contribution in [1.29, 1.82) is 0 Å². The number of benzene rings is 1. The molecule has 8 nitrogen and oxygen atoms in total. The molecule has 1 heterocycles. The molecular formula is C21H22ClF3N2O6. The molecular weight excluding hydrogens is 469 g/mol. The first-order valence-electron chi connectivity index (χ1n) is 10.1. The maximum atomic E-state index is 12.4. The Morgan fingerprint density at radius 3 is 2.58 bits per heavy atom. The van der Waals surface area contributed by atoms with Crippen LogP contribution < -0.4 is 15.8 Å². The van der Waals surface area contributed by atoms with Crippen LogP contribution in [0.3, 0.4) is 0 Å². The molecule has 2 aliphatic carbocycles. The van der Waals surface area contributed by atoms with Crippen molar-refractivity contribution in [2.24, 2.45) is 11.7 Å². The Kier molecular flexibility index (Phi) is 7.98. The number of Topliss-reactive ketones (excluding diaryl/α,β-unsaturated/α-hetero) is 1. The lowest BCUT2D eigenvalue weighted by Gasteiger charge is -2.36. The second-order valence-electron chi connectivity index (χ2n) is 7.77. The molecule has 0 bridgehead atoms. The van der Waals surface area contributed by atoms with Crippen molar-refractivity contribution in [3.05, 3.63) is 40.6 Å². The highest BCUT2D eigenvalue weighted by atomic mass is 35.5. The normalized spacial score (nSPS) is 25.7. The first-order valence-corrected chi connectivity index (χ1v) is 10.5. The summed E-state index contributed by atoms with van der Waals surface area (Å²) in [4.78, 5) is 33.2. The van der Waals surface area contributed by atoms with Gasteiger partial charge >= 0.3 is 6.36 Å². The van der Waals surface area contributed by atoms with E-state index >= 15 is 0 Å². The minimum Gasteiger partial charge on any atom is -0.479 e. The van der Waals surface area contributed by atoms with Gasteiger partial charge in [-0.15, -0.1) is 13.2 Å². The molecule has 0 saturated heterocycles. The lowest BCUT2D eigenvalue weighted by molar-refractivity contribution is -0.357. The number of ether oxygens (including phenoxy) is 3. The highest BCUT2D eigenvalue weighted by Gasteiger charge is 2.41. The van der Waals surface area contributed by atoms with E-state index < -0.39 is 24.5 Å². The van der Waals surface area contributed by atoms with Gasteiger partial charge in [0, 0.05) is 29.5 Å². The molecule has 3 N–H and O–H groups in total. The molecule has 180 valence electrons. The van der Waals surface area contributed by atoms with Gasteiger partial charge in [0.2, 0.25) is 6.41 Å².